The third kappa shape index (κ3) is 3.07. The summed E-state index contributed by atoms with van der Waals surface area (Å²) >= 11 is 0. The summed E-state index contributed by atoms with van der Waals surface area (Å²) in [4.78, 5) is 4.30. The number of imidazole rings is 1. The lowest BCUT2D eigenvalue weighted by molar-refractivity contribution is 0.601. The number of nitrogens with zero attached hydrogens (tertiary/aromatic N) is 2. The van der Waals surface area contributed by atoms with Crippen LogP contribution in [0.1, 0.15) is 36.7 Å². The van der Waals surface area contributed by atoms with Crippen molar-refractivity contribution in [1.29, 1.82) is 0 Å². The molecule has 1 saturated carbocycles. The minimum atomic E-state index is -0.134. The van der Waals surface area contributed by atoms with Crippen molar-refractivity contribution in [2.45, 2.75) is 45.3 Å². The molecule has 3 rings (SSSR count). The monoisotopic (exact) mass is 273 g/mol. The molecule has 0 amide bonds. The van der Waals surface area contributed by atoms with E-state index < -0.39 is 0 Å². The first-order chi connectivity index (χ1) is 9.76. The number of rotatable bonds is 6. The number of halogens is 1. The minimum Gasteiger partial charge on any atom is -0.335 e. The van der Waals surface area contributed by atoms with Gasteiger partial charge in [-0.15, -0.1) is 0 Å². The maximum Gasteiger partial charge on any atom is 0.127 e. The number of nitrogens with one attached hydrogen (secondary N) is 1. The number of benzene rings is 1. The second kappa shape index (κ2) is 5.75. The minimum absolute atomic E-state index is 0.134. The summed E-state index contributed by atoms with van der Waals surface area (Å²) in [7, 11) is 0. The largest absolute Gasteiger partial charge is 0.335 e. The van der Waals surface area contributed by atoms with Gasteiger partial charge in [-0.3, -0.25) is 0 Å². The van der Waals surface area contributed by atoms with Crippen LogP contribution in [-0.4, -0.2) is 15.6 Å². The van der Waals surface area contributed by atoms with Crippen molar-refractivity contribution in [3.63, 3.8) is 0 Å². The molecule has 0 radical (unpaired) electrons. The van der Waals surface area contributed by atoms with Gasteiger partial charge in [0.1, 0.15) is 11.6 Å². The van der Waals surface area contributed by atoms with Crippen LogP contribution in [0.2, 0.25) is 0 Å². The third-order valence-corrected chi connectivity index (χ3v) is 3.78. The van der Waals surface area contributed by atoms with Gasteiger partial charge >= 0.3 is 0 Å². The molecule has 1 aromatic heterocycles. The summed E-state index contributed by atoms with van der Waals surface area (Å²) in [6, 6.07) is 6.18. The van der Waals surface area contributed by atoms with E-state index in [-0.39, 0.29) is 5.82 Å². The van der Waals surface area contributed by atoms with Crippen molar-refractivity contribution in [3.05, 3.63) is 53.4 Å². The average molecular weight is 273 g/mol. The van der Waals surface area contributed by atoms with E-state index in [1.165, 1.54) is 12.8 Å². The number of hydrogen-bond acceptors (Lipinski definition) is 2. The molecule has 20 heavy (non-hydrogen) atoms. The first kappa shape index (κ1) is 13.3. The molecule has 0 unspecified atom stereocenters. The lowest BCUT2D eigenvalue weighted by atomic mass is 10.1. The van der Waals surface area contributed by atoms with E-state index in [0.717, 1.165) is 24.5 Å². The Labute approximate surface area is 118 Å². The van der Waals surface area contributed by atoms with Gasteiger partial charge in [0.25, 0.3) is 0 Å². The second-order valence-corrected chi connectivity index (χ2v) is 5.39. The molecule has 1 N–H and O–H groups in total. The Hall–Kier alpha value is -1.68. The van der Waals surface area contributed by atoms with Crippen LogP contribution >= 0.6 is 0 Å². The van der Waals surface area contributed by atoms with Crippen LogP contribution in [-0.2, 0) is 19.5 Å². The number of aryl methyl sites for hydroxylation is 1. The highest BCUT2D eigenvalue weighted by atomic mass is 19.1. The van der Waals surface area contributed by atoms with Gasteiger partial charge in [-0.2, -0.15) is 0 Å². The fraction of sp³-hybridized carbons (Fsp3) is 0.438. The normalized spacial score (nSPS) is 14.7. The standard InChI is InChI=1S/C16H20FN3/c1-2-20-8-7-18-16(20)10-13-4-3-12(9-15(13)17)11-19-14-5-6-14/h3-4,7-9,14,19H,2,5-6,10-11H2,1H3. The molecule has 1 aliphatic carbocycles. The Balaban J connectivity index is 1.69. The molecule has 106 valence electrons. The van der Waals surface area contributed by atoms with Gasteiger partial charge in [0.05, 0.1) is 0 Å². The molecule has 0 bridgehead atoms. The number of hydrogen-bond donors (Lipinski definition) is 1. The zero-order chi connectivity index (χ0) is 13.9. The smallest absolute Gasteiger partial charge is 0.127 e. The van der Waals surface area contributed by atoms with E-state index in [4.69, 9.17) is 0 Å². The lowest BCUT2D eigenvalue weighted by Crippen LogP contribution is -2.15. The highest BCUT2D eigenvalue weighted by Crippen LogP contribution is 2.20. The second-order valence-electron chi connectivity index (χ2n) is 5.39. The SMILES string of the molecule is CCn1ccnc1Cc1ccc(CNC2CC2)cc1F. The maximum absolute atomic E-state index is 14.2. The summed E-state index contributed by atoms with van der Waals surface area (Å²) in [6.07, 6.45) is 6.75. The molecule has 1 heterocycles. The molecule has 3 nitrogen and oxygen atoms in total. The van der Waals surface area contributed by atoms with Crippen LogP contribution in [0.5, 0.6) is 0 Å². The van der Waals surface area contributed by atoms with Gasteiger partial charge in [-0.05, 0) is 37.0 Å². The van der Waals surface area contributed by atoms with Crippen LogP contribution < -0.4 is 5.32 Å². The zero-order valence-corrected chi connectivity index (χ0v) is 11.8. The first-order valence-electron chi connectivity index (χ1n) is 7.27. The topological polar surface area (TPSA) is 29.9 Å². The van der Waals surface area contributed by atoms with Crippen LogP contribution in [0, 0.1) is 5.82 Å². The zero-order valence-electron chi connectivity index (χ0n) is 11.8. The van der Waals surface area contributed by atoms with Crippen LogP contribution in [0.15, 0.2) is 30.6 Å². The summed E-state index contributed by atoms with van der Waals surface area (Å²) in [5, 5.41) is 3.40. The van der Waals surface area contributed by atoms with E-state index >= 15 is 0 Å². The van der Waals surface area contributed by atoms with Crippen molar-refractivity contribution in [1.82, 2.24) is 14.9 Å². The van der Waals surface area contributed by atoms with Gasteiger partial charge in [0.2, 0.25) is 0 Å². The summed E-state index contributed by atoms with van der Waals surface area (Å²) < 4.78 is 16.2. The summed E-state index contributed by atoms with van der Waals surface area (Å²) in [5.74, 6) is 0.779. The van der Waals surface area contributed by atoms with Crippen molar-refractivity contribution in [2.24, 2.45) is 0 Å². The van der Waals surface area contributed by atoms with E-state index in [0.29, 0.717) is 18.0 Å². The Morgan fingerprint density at radius 1 is 1.40 bits per heavy atom. The van der Waals surface area contributed by atoms with E-state index in [1.54, 1.807) is 12.3 Å². The molecule has 0 saturated heterocycles. The van der Waals surface area contributed by atoms with Crippen LogP contribution in [0.25, 0.3) is 0 Å². The molecular weight excluding hydrogens is 253 g/mol. The Morgan fingerprint density at radius 2 is 2.25 bits per heavy atom. The Kier molecular flexibility index (Phi) is 3.83. The fourth-order valence-corrected chi connectivity index (χ4v) is 2.36. The highest BCUT2D eigenvalue weighted by Gasteiger charge is 2.20. The molecule has 0 aliphatic heterocycles. The van der Waals surface area contributed by atoms with Gasteiger partial charge in [0, 0.05) is 37.9 Å². The van der Waals surface area contributed by atoms with E-state index in [1.807, 2.05) is 22.9 Å². The van der Waals surface area contributed by atoms with Gasteiger partial charge < -0.3 is 9.88 Å². The summed E-state index contributed by atoms with van der Waals surface area (Å²) in [6.45, 7) is 3.68. The summed E-state index contributed by atoms with van der Waals surface area (Å²) in [5.41, 5.74) is 1.72. The maximum atomic E-state index is 14.2. The molecule has 1 fully saturated rings. The van der Waals surface area contributed by atoms with Crippen molar-refractivity contribution < 1.29 is 4.39 Å². The highest BCUT2D eigenvalue weighted by molar-refractivity contribution is 5.27. The molecule has 1 aliphatic rings. The van der Waals surface area contributed by atoms with Gasteiger partial charge in [0.15, 0.2) is 0 Å². The molecule has 4 heteroatoms. The molecular formula is C16H20FN3. The molecule has 0 atom stereocenters. The quantitative estimate of drug-likeness (QED) is 0.877. The Bertz CT molecular complexity index is 587. The Morgan fingerprint density at radius 3 is 2.95 bits per heavy atom. The molecule has 2 aromatic rings. The van der Waals surface area contributed by atoms with Gasteiger partial charge in [-0.1, -0.05) is 12.1 Å². The number of aromatic nitrogens is 2. The molecule has 1 aromatic carbocycles. The van der Waals surface area contributed by atoms with E-state index in [2.05, 4.69) is 17.2 Å². The fourth-order valence-electron chi connectivity index (χ4n) is 2.36. The van der Waals surface area contributed by atoms with E-state index in [9.17, 15) is 4.39 Å². The molecule has 0 spiro atoms. The lowest BCUT2D eigenvalue weighted by Gasteiger charge is -2.08. The van der Waals surface area contributed by atoms with Gasteiger partial charge in [-0.25, -0.2) is 9.37 Å². The van der Waals surface area contributed by atoms with Crippen LogP contribution in [0.4, 0.5) is 4.39 Å². The van der Waals surface area contributed by atoms with Crippen molar-refractivity contribution in [2.75, 3.05) is 0 Å². The first-order valence-corrected chi connectivity index (χ1v) is 7.27. The van der Waals surface area contributed by atoms with Crippen molar-refractivity contribution in [3.8, 4) is 0 Å². The third-order valence-electron chi connectivity index (χ3n) is 3.78. The van der Waals surface area contributed by atoms with Crippen molar-refractivity contribution >= 4 is 0 Å². The predicted octanol–water partition coefficient (Wildman–Crippen LogP) is 2.88. The predicted molar refractivity (Wildman–Crippen MR) is 77.0 cm³/mol. The average Bonchev–Trinajstić information content (AvgIpc) is 3.17. The van der Waals surface area contributed by atoms with Crippen LogP contribution in [0.3, 0.4) is 0 Å².